The summed E-state index contributed by atoms with van der Waals surface area (Å²) in [6.45, 7) is 5.40. The van der Waals surface area contributed by atoms with Crippen LogP contribution in [0.1, 0.15) is 12.5 Å². The smallest absolute Gasteiger partial charge is 0.326 e. The highest BCUT2D eigenvalue weighted by Crippen LogP contribution is 2.37. The van der Waals surface area contributed by atoms with E-state index in [4.69, 9.17) is 9.47 Å². The molecule has 138 valence electrons. The Hall–Kier alpha value is -1.58. The van der Waals surface area contributed by atoms with Crippen LogP contribution in [0.2, 0.25) is 0 Å². The third kappa shape index (κ3) is 4.99. The third-order valence-electron chi connectivity index (χ3n) is 3.13. The summed E-state index contributed by atoms with van der Waals surface area (Å²) in [4.78, 5) is 37.0. The summed E-state index contributed by atoms with van der Waals surface area (Å²) in [7, 11) is 0. The molecule has 0 radical (unpaired) electrons. The van der Waals surface area contributed by atoms with E-state index >= 15 is 0 Å². The monoisotopic (exact) mass is 503 g/mol. The predicted molar refractivity (Wildman–Crippen MR) is 107 cm³/mol. The maximum Gasteiger partial charge on any atom is 0.326 e. The SMILES string of the molecule is C=CCOc1c(Br)cc(/C=C2\SC(=O)N(CC(=O)OCC)C2=O)cc1Br. The number of halogens is 2. The van der Waals surface area contributed by atoms with Gasteiger partial charge in [0.25, 0.3) is 11.1 Å². The predicted octanol–water partition coefficient (Wildman–Crippen LogP) is 4.38. The first-order valence-corrected chi connectivity index (χ1v) is 9.91. The van der Waals surface area contributed by atoms with Gasteiger partial charge in [0.05, 0.1) is 20.5 Å². The Kier molecular flexibility index (Phi) is 7.48. The molecule has 1 aliphatic heterocycles. The average molecular weight is 505 g/mol. The number of thioether (sulfide) groups is 1. The number of imide groups is 1. The van der Waals surface area contributed by atoms with Gasteiger partial charge in [-0.25, -0.2) is 0 Å². The number of esters is 1. The number of hydrogen-bond donors (Lipinski definition) is 0. The standard InChI is InChI=1S/C17H15Br2NO5S/c1-3-5-25-15-11(18)6-10(7-12(15)19)8-13-16(22)20(17(23)26-13)9-14(21)24-4-2/h3,6-8H,1,4-5,9H2,2H3/b13-8-. The average Bonchev–Trinajstić information content (AvgIpc) is 2.82. The van der Waals surface area contributed by atoms with Gasteiger partial charge in [-0.2, -0.15) is 0 Å². The van der Waals surface area contributed by atoms with Crippen molar-refractivity contribution in [2.75, 3.05) is 19.8 Å². The first-order valence-electron chi connectivity index (χ1n) is 7.51. The van der Waals surface area contributed by atoms with E-state index in [-0.39, 0.29) is 11.5 Å². The minimum absolute atomic E-state index is 0.188. The number of carbonyl (C=O) groups excluding carboxylic acids is 3. The summed E-state index contributed by atoms with van der Waals surface area (Å²) in [5, 5.41) is -0.502. The Bertz CT molecular complexity index is 770. The van der Waals surface area contributed by atoms with Gasteiger partial charge in [-0.05, 0) is 74.3 Å². The minimum Gasteiger partial charge on any atom is -0.487 e. The normalized spacial score (nSPS) is 15.5. The van der Waals surface area contributed by atoms with Crippen molar-refractivity contribution in [2.24, 2.45) is 0 Å². The van der Waals surface area contributed by atoms with Gasteiger partial charge in [0.15, 0.2) is 0 Å². The van der Waals surface area contributed by atoms with Gasteiger partial charge in [0, 0.05) is 0 Å². The fourth-order valence-corrected chi connectivity index (χ4v) is 4.36. The summed E-state index contributed by atoms with van der Waals surface area (Å²) < 4.78 is 11.7. The summed E-state index contributed by atoms with van der Waals surface area (Å²) in [6.07, 6.45) is 3.22. The topological polar surface area (TPSA) is 72.9 Å². The van der Waals surface area contributed by atoms with Gasteiger partial charge in [-0.3, -0.25) is 19.3 Å². The lowest BCUT2D eigenvalue weighted by Crippen LogP contribution is -2.34. The molecule has 0 N–H and O–H groups in total. The molecule has 26 heavy (non-hydrogen) atoms. The van der Waals surface area contributed by atoms with Crippen molar-refractivity contribution in [2.45, 2.75) is 6.92 Å². The van der Waals surface area contributed by atoms with Gasteiger partial charge in [0.1, 0.15) is 18.9 Å². The number of benzene rings is 1. The van der Waals surface area contributed by atoms with Crippen molar-refractivity contribution in [1.82, 2.24) is 4.90 Å². The molecule has 1 saturated heterocycles. The van der Waals surface area contributed by atoms with Gasteiger partial charge >= 0.3 is 5.97 Å². The lowest BCUT2D eigenvalue weighted by atomic mass is 10.2. The molecule has 1 aliphatic rings. The molecule has 2 rings (SSSR count). The molecule has 1 fully saturated rings. The van der Waals surface area contributed by atoms with Gasteiger partial charge in [-0.1, -0.05) is 12.7 Å². The molecule has 0 unspecified atom stereocenters. The zero-order valence-electron chi connectivity index (χ0n) is 13.8. The van der Waals surface area contributed by atoms with Crippen LogP contribution in [0, 0.1) is 0 Å². The highest BCUT2D eigenvalue weighted by Gasteiger charge is 2.36. The Morgan fingerprint density at radius 2 is 1.96 bits per heavy atom. The molecule has 0 aliphatic carbocycles. The zero-order valence-corrected chi connectivity index (χ0v) is 17.8. The molecule has 0 spiro atoms. The maximum absolute atomic E-state index is 12.4. The van der Waals surface area contributed by atoms with Crippen molar-refractivity contribution in [3.05, 3.63) is 44.2 Å². The van der Waals surface area contributed by atoms with Crippen molar-refractivity contribution >= 4 is 66.8 Å². The fourth-order valence-electron chi connectivity index (χ4n) is 2.07. The number of amides is 2. The Morgan fingerprint density at radius 1 is 1.31 bits per heavy atom. The van der Waals surface area contributed by atoms with Gasteiger partial charge in [-0.15, -0.1) is 0 Å². The molecule has 2 amide bonds. The quantitative estimate of drug-likeness (QED) is 0.312. The van der Waals surface area contributed by atoms with Crippen LogP contribution in [0.3, 0.4) is 0 Å². The first-order chi connectivity index (χ1) is 12.4. The van der Waals surface area contributed by atoms with Crippen molar-refractivity contribution in [1.29, 1.82) is 0 Å². The van der Waals surface area contributed by atoms with Crippen LogP contribution in [0.15, 0.2) is 38.6 Å². The summed E-state index contributed by atoms with van der Waals surface area (Å²) >= 11 is 7.62. The second-order valence-corrected chi connectivity index (χ2v) is 7.69. The van der Waals surface area contributed by atoms with E-state index in [9.17, 15) is 14.4 Å². The van der Waals surface area contributed by atoms with Gasteiger partial charge in [0.2, 0.25) is 0 Å². The van der Waals surface area contributed by atoms with Crippen LogP contribution in [0.25, 0.3) is 6.08 Å². The van der Waals surface area contributed by atoms with Crippen LogP contribution < -0.4 is 4.74 Å². The zero-order chi connectivity index (χ0) is 19.3. The summed E-state index contributed by atoms with van der Waals surface area (Å²) in [6, 6.07) is 3.53. The Balaban J connectivity index is 2.22. The van der Waals surface area contributed by atoms with E-state index in [0.29, 0.717) is 26.9 Å². The van der Waals surface area contributed by atoms with E-state index in [1.54, 1.807) is 31.2 Å². The van der Waals surface area contributed by atoms with E-state index in [1.165, 1.54) is 0 Å². The van der Waals surface area contributed by atoms with Crippen molar-refractivity contribution in [3.8, 4) is 5.75 Å². The summed E-state index contributed by atoms with van der Waals surface area (Å²) in [5.41, 5.74) is 0.691. The van der Waals surface area contributed by atoms with Crippen molar-refractivity contribution < 1.29 is 23.9 Å². The molecule has 1 aromatic carbocycles. The molecular formula is C17H15Br2NO5S. The first kappa shape index (κ1) is 20.7. The molecule has 0 bridgehead atoms. The summed E-state index contributed by atoms with van der Waals surface area (Å²) in [5.74, 6) is -0.532. The number of hydrogen-bond acceptors (Lipinski definition) is 6. The van der Waals surface area contributed by atoms with E-state index < -0.39 is 23.7 Å². The highest BCUT2D eigenvalue weighted by molar-refractivity contribution is 9.11. The molecule has 0 atom stereocenters. The van der Waals surface area contributed by atoms with Crippen LogP contribution in [-0.4, -0.2) is 41.8 Å². The lowest BCUT2D eigenvalue weighted by Gasteiger charge is -2.11. The van der Waals surface area contributed by atoms with Crippen molar-refractivity contribution in [3.63, 3.8) is 0 Å². The second kappa shape index (κ2) is 9.38. The highest BCUT2D eigenvalue weighted by atomic mass is 79.9. The van der Waals surface area contributed by atoms with Crippen LogP contribution in [-0.2, 0) is 14.3 Å². The number of nitrogens with zero attached hydrogens (tertiary/aromatic N) is 1. The van der Waals surface area contributed by atoms with Crippen LogP contribution in [0.4, 0.5) is 4.79 Å². The molecule has 9 heteroatoms. The molecule has 0 saturated carbocycles. The number of ether oxygens (including phenoxy) is 2. The maximum atomic E-state index is 12.4. The largest absolute Gasteiger partial charge is 0.487 e. The van der Waals surface area contributed by atoms with Crippen LogP contribution >= 0.6 is 43.6 Å². The van der Waals surface area contributed by atoms with E-state index in [0.717, 1.165) is 16.7 Å². The molecule has 1 aromatic rings. The van der Waals surface area contributed by atoms with Gasteiger partial charge < -0.3 is 9.47 Å². The van der Waals surface area contributed by atoms with E-state index in [2.05, 4.69) is 38.4 Å². The van der Waals surface area contributed by atoms with E-state index in [1.807, 2.05) is 0 Å². The molecule has 6 nitrogen and oxygen atoms in total. The number of rotatable bonds is 7. The number of carbonyl (C=O) groups is 3. The fraction of sp³-hybridized carbons (Fsp3) is 0.235. The van der Waals surface area contributed by atoms with Crippen LogP contribution in [0.5, 0.6) is 5.75 Å². The minimum atomic E-state index is -0.620. The third-order valence-corrected chi connectivity index (χ3v) is 5.22. The lowest BCUT2D eigenvalue weighted by molar-refractivity contribution is -0.145. The Labute approximate surface area is 171 Å². The molecule has 1 heterocycles. The Morgan fingerprint density at radius 3 is 2.54 bits per heavy atom. The molecular weight excluding hydrogens is 490 g/mol. The second-order valence-electron chi connectivity index (χ2n) is 4.99. The molecule has 0 aromatic heterocycles.